The third kappa shape index (κ3) is 4.93. The molecule has 0 aromatic heterocycles. The minimum Gasteiger partial charge on any atom is -0.464 e. The first kappa shape index (κ1) is 18.2. The summed E-state index contributed by atoms with van der Waals surface area (Å²) in [5.41, 5.74) is 9.45. The smallest absolute Gasteiger partial charge is 0.329 e. The summed E-state index contributed by atoms with van der Waals surface area (Å²) in [5, 5.41) is 3.05. The molecule has 3 N–H and O–H groups in total. The number of esters is 1. The molecular weight excluding hydrogens is 320 g/mol. The molecule has 0 aliphatic carbocycles. The van der Waals surface area contributed by atoms with Crippen LogP contribution < -0.4 is 11.1 Å². The standard InChI is InChI=1S/C19H24N2O2S/c1-3-23-19(22)18(17(24)12-14-7-5-4-6-8-14)21-16-10-9-15(20)11-13(16)2/h4-11,17-18,21,24H,3,12,20H2,1-2H3. The zero-order chi connectivity index (χ0) is 17.5. The Bertz CT molecular complexity index is 676. The Labute approximate surface area is 148 Å². The van der Waals surface area contributed by atoms with Crippen LogP contribution in [0.15, 0.2) is 48.5 Å². The Morgan fingerprint density at radius 1 is 1.25 bits per heavy atom. The second-order valence-corrected chi connectivity index (χ2v) is 6.37. The van der Waals surface area contributed by atoms with Crippen molar-refractivity contribution < 1.29 is 9.53 Å². The highest BCUT2D eigenvalue weighted by Gasteiger charge is 2.27. The number of rotatable bonds is 7. The fourth-order valence-corrected chi connectivity index (χ4v) is 2.94. The van der Waals surface area contributed by atoms with Crippen molar-refractivity contribution in [2.24, 2.45) is 0 Å². The van der Waals surface area contributed by atoms with Crippen LogP contribution in [0.4, 0.5) is 11.4 Å². The number of hydrogen-bond acceptors (Lipinski definition) is 5. The fraction of sp³-hybridized carbons (Fsp3) is 0.316. The van der Waals surface area contributed by atoms with Crippen molar-refractivity contribution in [2.45, 2.75) is 31.6 Å². The fourth-order valence-electron chi connectivity index (χ4n) is 2.53. The highest BCUT2D eigenvalue weighted by molar-refractivity contribution is 7.81. The molecule has 0 aliphatic heterocycles. The summed E-state index contributed by atoms with van der Waals surface area (Å²) >= 11 is 4.67. The van der Waals surface area contributed by atoms with Crippen LogP contribution in [-0.2, 0) is 16.0 Å². The molecule has 0 radical (unpaired) electrons. The lowest BCUT2D eigenvalue weighted by atomic mass is 10.0. The maximum absolute atomic E-state index is 12.4. The summed E-state index contributed by atoms with van der Waals surface area (Å²) in [5.74, 6) is -0.301. The number of nitrogens with one attached hydrogen (secondary N) is 1. The van der Waals surface area contributed by atoms with Crippen molar-refractivity contribution in [3.8, 4) is 0 Å². The average Bonchev–Trinajstić information content (AvgIpc) is 2.55. The van der Waals surface area contributed by atoms with Gasteiger partial charge in [-0.15, -0.1) is 0 Å². The van der Waals surface area contributed by atoms with Gasteiger partial charge in [-0.2, -0.15) is 12.6 Å². The summed E-state index contributed by atoms with van der Waals surface area (Å²) < 4.78 is 5.22. The summed E-state index contributed by atoms with van der Waals surface area (Å²) in [6.45, 7) is 4.09. The van der Waals surface area contributed by atoms with E-state index in [0.29, 0.717) is 18.7 Å². The summed E-state index contributed by atoms with van der Waals surface area (Å²) in [6.07, 6.45) is 0.661. The molecule has 0 aliphatic rings. The first-order chi connectivity index (χ1) is 11.5. The molecule has 0 saturated carbocycles. The van der Waals surface area contributed by atoms with Crippen molar-refractivity contribution in [1.29, 1.82) is 0 Å². The number of hydrogen-bond donors (Lipinski definition) is 3. The number of nitrogen functional groups attached to an aromatic ring is 1. The van der Waals surface area contributed by atoms with Crippen LogP contribution in [0.25, 0.3) is 0 Å². The molecule has 0 spiro atoms. The molecule has 128 valence electrons. The zero-order valence-corrected chi connectivity index (χ0v) is 14.9. The maximum Gasteiger partial charge on any atom is 0.329 e. The number of ether oxygens (including phenoxy) is 1. The Balaban J connectivity index is 2.18. The van der Waals surface area contributed by atoms with Crippen LogP contribution in [0.1, 0.15) is 18.1 Å². The average molecular weight is 344 g/mol. The molecule has 0 heterocycles. The Morgan fingerprint density at radius 2 is 1.96 bits per heavy atom. The lowest BCUT2D eigenvalue weighted by molar-refractivity contribution is -0.144. The number of anilines is 2. The molecule has 2 rings (SSSR count). The van der Waals surface area contributed by atoms with Crippen molar-refractivity contribution >= 4 is 30.0 Å². The first-order valence-corrected chi connectivity index (χ1v) is 8.54. The minimum absolute atomic E-state index is 0.219. The molecule has 0 fully saturated rings. The molecule has 0 saturated heterocycles. The number of aryl methyl sites for hydroxylation is 1. The number of nitrogens with two attached hydrogens (primary N) is 1. The van der Waals surface area contributed by atoms with Gasteiger partial charge in [0.05, 0.1) is 6.61 Å². The van der Waals surface area contributed by atoms with E-state index in [9.17, 15) is 4.79 Å². The van der Waals surface area contributed by atoms with Gasteiger partial charge >= 0.3 is 5.97 Å². The molecule has 0 bridgehead atoms. The Hall–Kier alpha value is -2.14. The number of carbonyl (C=O) groups excluding carboxylic acids is 1. The van der Waals surface area contributed by atoms with E-state index in [1.54, 1.807) is 6.92 Å². The molecule has 4 nitrogen and oxygen atoms in total. The predicted molar refractivity (Wildman–Crippen MR) is 103 cm³/mol. The summed E-state index contributed by atoms with van der Waals surface area (Å²) in [4.78, 5) is 12.4. The molecule has 5 heteroatoms. The highest BCUT2D eigenvalue weighted by Crippen LogP contribution is 2.22. The van der Waals surface area contributed by atoms with E-state index in [1.807, 2.05) is 55.5 Å². The SMILES string of the molecule is CCOC(=O)C(Nc1ccc(N)cc1C)C(S)Cc1ccccc1. The summed E-state index contributed by atoms with van der Waals surface area (Å²) in [7, 11) is 0. The van der Waals surface area contributed by atoms with E-state index >= 15 is 0 Å². The van der Waals surface area contributed by atoms with E-state index in [-0.39, 0.29) is 11.2 Å². The largest absolute Gasteiger partial charge is 0.464 e. The number of thiol groups is 1. The van der Waals surface area contributed by atoms with E-state index in [0.717, 1.165) is 16.8 Å². The van der Waals surface area contributed by atoms with Gasteiger partial charge in [-0.25, -0.2) is 4.79 Å². The van der Waals surface area contributed by atoms with Gasteiger partial charge in [-0.05, 0) is 49.6 Å². The van der Waals surface area contributed by atoms with Gasteiger partial charge < -0.3 is 15.8 Å². The number of carbonyl (C=O) groups is 1. The van der Waals surface area contributed by atoms with E-state index < -0.39 is 6.04 Å². The molecule has 2 aromatic carbocycles. The van der Waals surface area contributed by atoms with Crippen molar-refractivity contribution in [3.63, 3.8) is 0 Å². The van der Waals surface area contributed by atoms with Gasteiger partial charge in [0, 0.05) is 16.6 Å². The monoisotopic (exact) mass is 344 g/mol. The quantitative estimate of drug-likeness (QED) is 0.409. The molecule has 24 heavy (non-hydrogen) atoms. The van der Waals surface area contributed by atoms with Crippen molar-refractivity contribution in [3.05, 3.63) is 59.7 Å². The normalized spacial score (nSPS) is 13.1. The number of benzene rings is 2. The minimum atomic E-state index is -0.546. The van der Waals surface area contributed by atoms with Gasteiger partial charge in [0.25, 0.3) is 0 Å². The van der Waals surface area contributed by atoms with Gasteiger partial charge in [0.15, 0.2) is 0 Å². The van der Waals surface area contributed by atoms with Crippen LogP contribution in [0.2, 0.25) is 0 Å². The van der Waals surface area contributed by atoms with E-state index in [2.05, 4.69) is 17.9 Å². The lowest BCUT2D eigenvalue weighted by Crippen LogP contribution is -2.40. The van der Waals surface area contributed by atoms with E-state index in [1.165, 1.54) is 0 Å². The summed E-state index contributed by atoms with van der Waals surface area (Å²) in [6, 6.07) is 15.0. The first-order valence-electron chi connectivity index (χ1n) is 8.02. The van der Waals surface area contributed by atoms with Gasteiger partial charge in [0.2, 0.25) is 0 Å². The second kappa shape index (κ2) is 8.64. The van der Waals surface area contributed by atoms with E-state index in [4.69, 9.17) is 10.5 Å². The topological polar surface area (TPSA) is 64.3 Å². The molecule has 2 atom stereocenters. The van der Waals surface area contributed by atoms with Gasteiger partial charge in [-0.3, -0.25) is 0 Å². The maximum atomic E-state index is 12.4. The van der Waals surface area contributed by atoms with Crippen molar-refractivity contribution in [1.82, 2.24) is 0 Å². The van der Waals surface area contributed by atoms with Crippen LogP contribution >= 0.6 is 12.6 Å². The predicted octanol–water partition coefficient (Wildman–Crippen LogP) is 3.46. The lowest BCUT2D eigenvalue weighted by Gasteiger charge is -2.25. The van der Waals surface area contributed by atoms with Crippen LogP contribution in [0.3, 0.4) is 0 Å². The Morgan fingerprint density at radius 3 is 2.58 bits per heavy atom. The zero-order valence-electron chi connectivity index (χ0n) is 14.0. The Kier molecular flexibility index (Phi) is 6.55. The van der Waals surface area contributed by atoms with Crippen LogP contribution in [0, 0.1) is 6.92 Å². The third-order valence-electron chi connectivity index (χ3n) is 3.77. The van der Waals surface area contributed by atoms with Crippen LogP contribution in [-0.4, -0.2) is 23.9 Å². The highest BCUT2D eigenvalue weighted by atomic mass is 32.1. The third-order valence-corrected chi connectivity index (χ3v) is 4.26. The molecular formula is C19H24N2O2S. The second-order valence-electron chi connectivity index (χ2n) is 5.71. The van der Waals surface area contributed by atoms with Gasteiger partial charge in [-0.1, -0.05) is 30.3 Å². The van der Waals surface area contributed by atoms with Gasteiger partial charge in [0.1, 0.15) is 6.04 Å². The molecule has 2 aromatic rings. The molecule has 2 unspecified atom stereocenters. The molecule has 0 amide bonds. The van der Waals surface area contributed by atoms with Crippen molar-refractivity contribution in [2.75, 3.05) is 17.7 Å². The van der Waals surface area contributed by atoms with Crippen LogP contribution in [0.5, 0.6) is 0 Å².